The number of hydrogen-bond acceptors (Lipinski definition) is 3. The summed E-state index contributed by atoms with van der Waals surface area (Å²) in [5.74, 6) is 0.0799. The van der Waals surface area contributed by atoms with Crippen LogP contribution in [0, 0.1) is 25.2 Å². The summed E-state index contributed by atoms with van der Waals surface area (Å²) < 4.78 is 0. The normalized spacial score (nSPS) is 21.1. The standard InChI is InChI=1S/C30H38N4O2S/c1-22-16-23(2)18-26(17-22)31-29(37)32-13-9-30(10-14-32)11-15-34(21-30)28(36)25-19-27(35)33(20-25)12-8-24-6-4-3-5-7-24/h3-7,16-18,25H,8-15,19-21H2,1-2H3,(H,31,37). The molecule has 3 aliphatic heterocycles. The molecule has 0 aliphatic carbocycles. The molecule has 3 aliphatic rings. The lowest BCUT2D eigenvalue weighted by Gasteiger charge is -2.40. The number of likely N-dealkylation sites (tertiary alicyclic amines) is 3. The molecule has 0 radical (unpaired) electrons. The minimum absolute atomic E-state index is 0.112. The number of thiocarbonyl (C=S) groups is 1. The summed E-state index contributed by atoms with van der Waals surface area (Å²) in [7, 11) is 0. The third-order valence-corrected chi connectivity index (χ3v) is 8.77. The second kappa shape index (κ2) is 10.8. The van der Waals surface area contributed by atoms with Crippen molar-refractivity contribution in [1.82, 2.24) is 14.7 Å². The molecule has 0 saturated carbocycles. The van der Waals surface area contributed by atoms with Gasteiger partial charge in [0, 0.05) is 51.4 Å². The van der Waals surface area contributed by atoms with Crippen LogP contribution >= 0.6 is 12.2 Å². The summed E-state index contributed by atoms with van der Waals surface area (Å²) in [6.45, 7) is 8.88. The maximum atomic E-state index is 13.4. The highest BCUT2D eigenvalue weighted by atomic mass is 32.1. The minimum atomic E-state index is -0.201. The van der Waals surface area contributed by atoms with Gasteiger partial charge in [-0.1, -0.05) is 36.4 Å². The average Bonchev–Trinajstić information content (AvgIpc) is 3.46. The van der Waals surface area contributed by atoms with Crippen LogP contribution in [-0.4, -0.2) is 70.9 Å². The van der Waals surface area contributed by atoms with Gasteiger partial charge >= 0.3 is 0 Å². The number of benzene rings is 2. The van der Waals surface area contributed by atoms with Gasteiger partial charge in [0.25, 0.3) is 0 Å². The first-order valence-electron chi connectivity index (χ1n) is 13.5. The molecule has 3 saturated heterocycles. The fourth-order valence-corrected chi connectivity index (χ4v) is 6.59. The van der Waals surface area contributed by atoms with E-state index in [4.69, 9.17) is 12.2 Å². The third kappa shape index (κ3) is 5.98. The number of nitrogens with zero attached hydrogens (tertiary/aromatic N) is 3. The molecule has 5 rings (SSSR count). The van der Waals surface area contributed by atoms with Crippen molar-refractivity contribution in [2.45, 2.75) is 46.0 Å². The molecule has 3 heterocycles. The van der Waals surface area contributed by atoms with Crippen molar-refractivity contribution in [3.63, 3.8) is 0 Å². The van der Waals surface area contributed by atoms with Crippen LogP contribution in [0.1, 0.15) is 42.4 Å². The summed E-state index contributed by atoms with van der Waals surface area (Å²) in [4.78, 5) is 32.2. The van der Waals surface area contributed by atoms with Crippen LogP contribution in [-0.2, 0) is 16.0 Å². The molecule has 2 amide bonds. The molecule has 0 bridgehead atoms. The number of anilines is 1. The van der Waals surface area contributed by atoms with E-state index in [-0.39, 0.29) is 23.1 Å². The Morgan fingerprint density at radius 1 is 1.00 bits per heavy atom. The number of carbonyl (C=O) groups is 2. The van der Waals surface area contributed by atoms with E-state index in [2.05, 4.69) is 54.4 Å². The molecule has 1 atom stereocenters. The molecular formula is C30H38N4O2S. The van der Waals surface area contributed by atoms with Crippen molar-refractivity contribution < 1.29 is 9.59 Å². The third-order valence-electron chi connectivity index (χ3n) is 8.41. The lowest BCUT2D eigenvalue weighted by molar-refractivity contribution is -0.135. The maximum Gasteiger partial charge on any atom is 0.228 e. The number of aryl methyl sites for hydroxylation is 2. The lowest BCUT2D eigenvalue weighted by atomic mass is 9.78. The van der Waals surface area contributed by atoms with Gasteiger partial charge in [-0.2, -0.15) is 0 Å². The van der Waals surface area contributed by atoms with E-state index >= 15 is 0 Å². The van der Waals surface area contributed by atoms with Crippen molar-refractivity contribution in [2.24, 2.45) is 11.3 Å². The molecule has 6 nitrogen and oxygen atoms in total. The molecule has 1 N–H and O–H groups in total. The Hall–Kier alpha value is -2.93. The number of piperidine rings is 1. The molecule has 1 unspecified atom stereocenters. The van der Waals surface area contributed by atoms with Crippen LogP contribution in [0.3, 0.4) is 0 Å². The zero-order valence-electron chi connectivity index (χ0n) is 22.0. The SMILES string of the molecule is Cc1cc(C)cc(NC(=S)N2CCC3(CCN(C(=O)C4CC(=O)N(CCc5ccccc5)C4)C3)CC2)c1. The Balaban J connectivity index is 1.10. The maximum absolute atomic E-state index is 13.4. The van der Waals surface area contributed by atoms with Crippen molar-refractivity contribution in [2.75, 3.05) is 44.6 Å². The molecule has 196 valence electrons. The highest BCUT2D eigenvalue weighted by molar-refractivity contribution is 7.80. The molecule has 2 aromatic carbocycles. The monoisotopic (exact) mass is 518 g/mol. The van der Waals surface area contributed by atoms with E-state index in [1.54, 1.807) is 0 Å². The first kappa shape index (κ1) is 25.7. The molecule has 2 aromatic rings. The summed E-state index contributed by atoms with van der Waals surface area (Å²) in [5, 5.41) is 4.20. The number of carbonyl (C=O) groups excluding carboxylic acids is 2. The van der Waals surface area contributed by atoms with Crippen LogP contribution in [0.15, 0.2) is 48.5 Å². The summed E-state index contributed by atoms with van der Waals surface area (Å²) in [5.41, 5.74) is 4.90. The number of nitrogens with one attached hydrogen (secondary N) is 1. The van der Waals surface area contributed by atoms with Crippen molar-refractivity contribution in [1.29, 1.82) is 0 Å². The zero-order valence-corrected chi connectivity index (χ0v) is 22.9. The van der Waals surface area contributed by atoms with Crippen molar-refractivity contribution >= 4 is 34.8 Å². The Bertz CT molecular complexity index is 1140. The van der Waals surface area contributed by atoms with E-state index in [1.807, 2.05) is 28.0 Å². The molecule has 7 heteroatoms. The van der Waals surface area contributed by atoms with E-state index in [1.165, 1.54) is 16.7 Å². The van der Waals surface area contributed by atoms with Crippen LogP contribution in [0.25, 0.3) is 0 Å². The lowest BCUT2D eigenvalue weighted by Crippen LogP contribution is -2.46. The number of rotatable bonds is 5. The fourth-order valence-electron chi connectivity index (χ4n) is 6.29. The summed E-state index contributed by atoms with van der Waals surface area (Å²) in [6, 6.07) is 16.6. The van der Waals surface area contributed by atoms with E-state index in [0.29, 0.717) is 19.5 Å². The molecule has 3 fully saturated rings. The quantitative estimate of drug-likeness (QED) is 0.595. The molecular weight excluding hydrogens is 480 g/mol. The highest BCUT2D eigenvalue weighted by Crippen LogP contribution is 2.41. The fraction of sp³-hybridized carbons (Fsp3) is 0.500. The second-order valence-corrected chi connectivity index (χ2v) is 11.7. The summed E-state index contributed by atoms with van der Waals surface area (Å²) >= 11 is 5.73. The number of amides is 2. The predicted molar refractivity (Wildman–Crippen MR) is 151 cm³/mol. The zero-order chi connectivity index (χ0) is 26.0. The van der Waals surface area contributed by atoms with Gasteiger partial charge < -0.3 is 20.0 Å². The van der Waals surface area contributed by atoms with Gasteiger partial charge in [-0.05, 0) is 86.0 Å². The van der Waals surface area contributed by atoms with Crippen molar-refractivity contribution in [3.8, 4) is 0 Å². The van der Waals surface area contributed by atoms with E-state index in [9.17, 15) is 9.59 Å². The van der Waals surface area contributed by atoms with Gasteiger partial charge in [-0.15, -0.1) is 0 Å². The Morgan fingerprint density at radius 2 is 1.65 bits per heavy atom. The molecule has 0 aromatic heterocycles. The average molecular weight is 519 g/mol. The van der Waals surface area contributed by atoms with Crippen LogP contribution in [0.2, 0.25) is 0 Å². The van der Waals surface area contributed by atoms with Crippen molar-refractivity contribution in [3.05, 3.63) is 65.2 Å². The van der Waals surface area contributed by atoms with Crippen LogP contribution in [0.4, 0.5) is 5.69 Å². The van der Waals surface area contributed by atoms with Gasteiger partial charge in [0.05, 0.1) is 5.92 Å². The smallest absolute Gasteiger partial charge is 0.228 e. The second-order valence-electron chi connectivity index (χ2n) is 11.3. The van der Waals surface area contributed by atoms with E-state index in [0.717, 1.165) is 62.7 Å². The van der Waals surface area contributed by atoms with E-state index < -0.39 is 0 Å². The summed E-state index contributed by atoms with van der Waals surface area (Å²) in [6.07, 6.45) is 4.30. The first-order chi connectivity index (χ1) is 17.8. The van der Waals surface area contributed by atoms with Gasteiger partial charge in [-0.25, -0.2) is 0 Å². The Labute approximate surface area is 226 Å². The predicted octanol–water partition coefficient (Wildman–Crippen LogP) is 4.41. The van der Waals surface area contributed by atoms with Crippen LogP contribution in [0.5, 0.6) is 0 Å². The van der Waals surface area contributed by atoms with Gasteiger partial charge in [-0.3, -0.25) is 9.59 Å². The molecule has 1 spiro atoms. The Morgan fingerprint density at radius 3 is 2.32 bits per heavy atom. The highest BCUT2D eigenvalue weighted by Gasteiger charge is 2.45. The van der Waals surface area contributed by atoms with Gasteiger partial charge in [0.15, 0.2) is 5.11 Å². The Kier molecular flexibility index (Phi) is 7.52. The topological polar surface area (TPSA) is 55.9 Å². The van der Waals surface area contributed by atoms with Crippen LogP contribution < -0.4 is 5.32 Å². The molecule has 37 heavy (non-hydrogen) atoms. The van der Waals surface area contributed by atoms with Gasteiger partial charge in [0.1, 0.15) is 0 Å². The minimum Gasteiger partial charge on any atom is -0.349 e. The number of hydrogen-bond donors (Lipinski definition) is 1. The largest absolute Gasteiger partial charge is 0.349 e. The first-order valence-corrected chi connectivity index (χ1v) is 14.0. The van der Waals surface area contributed by atoms with Gasteiger partial charge in [0.2, 0.25) is 11.8 Å².